The number of nitriles is 1. The van der Waals surface area contributed by atoms with Crippen molar-refractivity contribution in [1.29, 1.82) is 5.26 Å². The van der Waals surface area contributed by atoms with Crippen LogP contribution < -0.4 is 5.73 Å². The lowest BCUT2D eigenvalue weighted by molar-refractivity contribution is 0.587. The normalized spacial score (nSPS) is 10.5. The zero-order valence-corrected chi connectivity index (χ0v) is 11.6. The molecule has 0 aliphatic heterocycles. The van der Waals surface area contributed by atoms with Gasteiger partial charge >= 0.3 is 0 Å². The van der Waals surface area contributed by atoms with Gasteiger partial charge in [0.2, 0.25) is 0 Å². The summed E-state index contributed by atoms with van der Waals surface area (Å²) in [5, 5.41) is 13.3. The molecule has 114 valence electrons. The summed E-state index contributed by atoms with van der Waals surface area (Å²) >= 11 is 0. The van der Waals surface area contributed by atoms with E-state index in [1.165, 1.54) is 18.2 Å². The van der Waals surface area contributed by atoms with Gasteiger partial charge in [0.15, 0.2) is 0 Å². The van der Waals surface area contributed by atoms with Gasteiger partial charge in [0.05, 0.1) is 0 Å². The third-order valence-corrected chi connectivity index (χ3v) is 3.30. The highest BCUT2D eigenvalue weighted by molar-refractivity contribution is 5.74. The minimum atomic E-state index is -0.773. The molecule has 0 radical (unpaired) electrons. The summed E-state index contributed by atoms with van der Waals surface area (Å²) in [7, 11) is 0. The second-order valence-electron chi connectivity index (χ2n) is 4.71. The molecule has 0 aliphatic carbocycles. The fourth-order valence-electron chi connectivity index (χ4n) is 2.21. The minimum Gasteiger partial charge on any atom is -0.382 e. The first-order chi connectivity index (χ1) is 11.0. The Bertz CT molecular complexity index is 941. The molecule has 4 nitrogen and oxygen atoms in total. The molecule has 23 heavy (non-hydrogen) atoms. The Morgan fingerprint density at radius 3 is 2.48 bits per heavy atom. The minimum absolute atomic E-state index is 0.0354. The third kappa shape index (κ3) is 2.40. The predicted molar refractivity (Wildman–Crippen MR) is 78.0 cm³/mol. The van der Waals surface area contributed by atoms with Gasteiger partial charge in [-0.3, -0.25) is 0 Å². The van der Waals surface area contributed by atoms with Crippen LogP contribution in [0.5, 0.6) is 0 Å². The van der Waals surface area contributed by atoms with Crippen LogP contribution in [0.3, 0.4) is 0 Å². The summed E-state index contributed by atoms with van der Waals surface area (Å²) in [4.78, 5) is 0. The Kier molecular flexibility index (Phi) is 3.50. The standard InChI is InChI=1S/C16H9F3N4/c17-9-5-6-13(19)14(7-9)23-16(21)11(8-20)15(22-23)10-3-1-2-4-12(10)18/h1-7H,21H2. The number of benzene rings is 2. The highest BCUT2D eigenvalue weighted by atomic mass is 19.1. The van der Waals surface area contributed by atoms with E-state index in [1.807, 2.05) is 6.07 Å². The van der Waals surface area contributed by atoms with Gasteiger partial charge in [-0.15, -0.1) is 0 Å². The van der Waals surface area contributed by atoms with E-state index >= 15 is 0 Å². The summed E-state index contributed by atoms with van der Waals surface area (Å²) in [6, 6.07) is 10.3. The van der Waals surface area contributed by atoms with E-state index < -0.39 is 17.5 Å². The van der Waals surface area contributed by atoms with Crippen LogP contribution in [-0.2, 0) is 0 Å². The monoisotopic (exact) mass is 314 g/mol. The molecule has 0 fully saturated rings. The number of hydrogen-bond donors (Lipinski definition) is 1. The average molecular weight is 314 g/mol. The maximum absolute atomic E-state index is 13.9. The topological polar surface area (TPSA) is 67.6 Å². The van der Waals surface area contributed by atoms with Gasteiger partial charge in [0, 0.05) is 11.6 Å². The number of hydrogen-bond acceptors (Lipinski definition) is 3. The maximum Gasteiger partial charge on any atom is 0.149 e. The zero-order valence-electron chi connectivity index (χ0n) is 11.6. The Labute approximate surface area is 129 Å². The van der Waals surface area contributed by atoms with Crippen molar-refractivity contribution < 1.29 is 13.2 Å². The second-order valence-corrected chi connectivity index (χ2v) is 4.71. The fraction of sp³-hybridized carbons (Fsp3) is 0. The Hall–Kier alpha value is -3.27. The molecule has 3 rings (SSSR count). The van der Waals surface area contributed by atoms with E-state index in [1.54, 1.807) is 6.07 Å². The molecule has 1 heterocycles. The smallest absolute Gasteiger partial charge is 0.149 e. The highest BCUT2D eigenvalue weighted by Gasteiger charge is 2.21. The van der Waals surface area contributed by atoms with Gasteiger partial charge in [0.25, 0.3) is 0 Å². The fourth-order valence-corrected chi connectivity index (χ4v) is 2.21. The lowest BCUT2D eigenvalue weighted by Crippen LogP contribution is -2.05. The van der Waals surface area contributed by atoms with Gasteiger partial charge in [-0.25, -0.2) is 17.9 Å². The van der Waals surface area contributed by atoms with Crippen LogP contribution in [0.2, 0.25) is 0 Å². The van der Waals surface area contributed by atoms with Crippen LogP contribution >= 0.6 is 0 Å². The Balaban J connectivity index is 2.28. The third-order valence-electron chi connectivity index (χ3n) is 3.30. The van der Waals surface area contributed by atoms with Crippen LogP contribution in [0, 0.1) is 28.8 Å². The molecule has 0 amide bonds. The number of nitrogens with two attached hydrogens (primary N) is 1. The van der Waals surface area contributed by atoms with E-state index in [4.69, 9.17) is 5.73 Å². The molecule has 0 atom stereocenters. The number of nitrogens with zero attached hydrogens (tertiary/aromatic N) is 3. The van der Waals surface area contributed by atoms with Gasteiger partial charge in [0.1, 0.15) is 46.3 Å². The molecule has 0 unspecified atom stereocenters. The zero-order chi connectivity index (χ0) is 16.6. The summed E-state index contributed by atoms with van der Waals surface area (Å²) in [6.45, 7) is 0. The number of aromatic nitrogens is 2. The van der Waals surface area contributed by atoms with E-state index in [2.05, 4.69) is 5.10 Å². The molecular formula is C16H9F3N4. The molecule has 0 spiro atoms. The lowest BCUT2D eigenvalue weighted by Gasteiger charge is -2.05. The van der Waals surface area contributed by atoms with Gasteiger partial charge in [-0.2, -0.15) is 10.4 Å². The molecule has 1 aromatic heterocycles. The first-order valence-corrected chi connectivity index (χ1v) is 6.52. The summed E-state index contributed by atoms with van der Waals surface area (Å²) < 4.78 is 42.1. The summed E-state index contributed by atoms with van der Waals surface area (Å²) in [5.74, 6) is -2.27. The molecule has 7 heteroatoms. The predicted octanol–water partition coefficient (Wildman–Crippen LogP) is 3.41. The number of anilines is 1. The van der Waals surface area contributed by atoms with Gasteiger partial charge < -0.3 is 5.73 Å². The van der Waals surface area contributed by atoms with Gasteiger partial charge in [-0.1, -0.05) is 12.1 Å². The molecule has 0 saturated carbocycles. The molecular weight excluding hydrogens is 305 g/mol. The van der Waals surface area contributed by atoms with E-state index in [9.17, 15) is 18.4 Å². The average Bonchev–Trinajstić information content (AvgIpc) is 2.86. The van der Waals surface area contributed by atoms with E-state index in [0.29, 0.717) is 0 Å². The number of nitrogen functional groups attached to an aromatic ring is 1. The van der Waals surface area contributed by atoms with Crippen molar-refractivity contribution in [2.75, 3.05) is 5.73 Å². The molecule has 2 aromatic carbocycles. The van der Waals surface area contributed by atoms with Crippen molar-refractivity contribution in [3.8, 4) is 23.0 Å². The van der Waals surface area contributed by atoms with Crippen molar-refractivity contribution in [1.82, 2.24) is 9.78 Å². The quantitative estimate of drug-likeness (QED) is 0.788. The van der Waals surface area contributed by atoms with Crippen LogP contribution in [0.4, 0.5) is 19.0 Å². The van der Waals surface area contributed by atoms with Crippen molar-refractivity contribution in [3.63, 3.8) is 0 Å². The second kappa shape index (κ2) is 5.50. The van der Waals surface area contributed by atoms with Crippen LogP contribution in [0.25, 0.3) is 16.9 Å². The van der Waals surface area contributed by atoms with Crippen LogP contribution in [0.1, 0.15) is 5.56 Å². The van der Waals surface area contributed by atoms with Crippen molar-refractivity contribution in [3.05, 3.63) is 65.5 Å². The highest BCUT2D eigenvalue weighted by Crippen LogP contribution is 2.31. The van der Waals surface area contributed by atoms with Crippen molar-refractivity contribution in [2.24, 2.45) is 0 Å². The van der Waals surface area contributed by atoms with Crippen molar-refractivity contribution in [2.45, 2.75) is 0 Å². The van der Waals surface area contributed by atoms with Crippen LogP contribution in [0.15, 0.2) is 42.5 Å². The van der Waals surface area contributed by atoms with Crippen molar-refractivity contribution >= 4 is 5.82 Å². The molecule has 0 saturated heterocycles. The number of rotatable bonds is 2. The number of halogens is 3. The Morgan fingerprint density at radius 1 is 1.04 bits per heavy atom. The molecule has 0 bridgehead atoms. The largest absolute Gasteiger partial charge is 0.382 e. The van der Waals surface area contributed by atoms with E-state index in [-0.39, 0.29) is 28.3 Å². The summed E-state index contributed by atoms with van der Waals surface area (Å²) in [6.07, 6.45) is 0. The molecule has 0 aliphatic rings. The molecule has 3 aromatic rings. The first-order valence-electron chi connectivity index (χ1n) is 6.52. The first kappa shape index (κ1) is 14.7. The summed E-state index contributed by atoms with van der Waals surface area (Å²) in [5.41, 5.74) is 5.46. The van der Waals surface area contributed by atoms with E-state index in [0.717, 1.165) is 22.9 Å². The molecule has 2 N–H and O–H groups in total. The lowest BCUT2D eigenvalue weighted by atomic mass is 10.1. The van der Waals surface area contributed by atoms with Gasteiger partial charge in [-0.05, 0) is 24.3 Å². The van der Waals surface area contributed by atoms with Crippen LogP contribution in [-0.4, -0.2) is 9.78 Å². The SMILES string of the molecule is N#Cc1c(-c2ccccc2F)nn(-c2cc(F)ccc2F)c1N. The maximum atomic E-state index is 13.9. The Morgan fingerprint density at radius 2 is 1.78 bits per heavy atom.